The van der Waals surface area contributed by atoms with Gasteiger partial charge < -0.3 is 9.47 Å². The van der Waals surface area contributed by atoms with E-state index >= 15 is 0 Å². The molecule has 0 atom stereocenters. The molecule has 1 aromatic carbocycles. The molecule has 0 aliphatic rings. The maximum Gasteiger partial charge on any atom is 0.153 e. The molecule has 0 spiro atoms. The normalized spacial score (nSPS) is 10.2. The Morgan fingerprint density at radius 3 is 2.61 bits per heavy atom. The zero-order chi connectivity index (χ0) is 13.1. The first-order chi connectivity index (χ1) is 8.69. The zero-order valence-corrected chi connectivity index (χ0v) is 10.5. The van der Waals surface area contributed by atoms with Crippen LogP contribution < -0.4 is 9.47 Å². The lowest BCUT2D eigenvalue weighted by Crippen LogP contribution is -1.99. The van der Waals surface area contributed by atoms with Crippen molar-refractivity contribution in [1.82, 2.24) is 9.78 Å². The average molecular weight is 246 g/mol. The highest BCUT2D eigenvalue weighted by Crippen LogP contribution is 2.27. The van der Waals surface area contributed by atoms with Crippen molar-refractivity contribution in [1.29, 1.82) is 0 Å². The number of hydrogen-bond donors (Lipinski definition) is 0. The number of nitrogens with zero attached hydrogens (tertiary/aromatic N) is 2. The van der Waals surface area contributed by atoms with Crippen molar-refractivity contribution in [2.75, 3.05) is 14.2 Å². The van der Waals surface area contributed by atoms with E-state index < -0.39 is 0 Å². The molecule has 5 heteroatoms. The van der Waals surface area contributed by atoms with Crippen molar-refractivity contribution in [2.24, 2.45) is 0 Å². The second-order valence-corrected chi connectivity index (χ2v) is 3.77. The van der Waals surface area contributed by atoms with Gasteiger partial charge >= 0.3 is 0 Å². The van der Waals surface area contributed by atoms with Gasteiger partial charge in [0.05, 0.1) is 25.5 Å². The number of methoxy groups -OCH3 is 2. The molecule has 0 amide bonds. The Morgan fingerprint density at radius 2 is 2.06 bits per heavy atom. The molecule has 0 aliphatic heterocycles. The van der Waals surface area contributed by atoms with Crippen molar-refractivity contribution in [3.05, 3.63) is 35.7 Å². The molecule has 18 heavy (non-hydrogen) atoms. The van der Waals surface area contributed by atoms with Crippen molar-refractivity contribution in [3.63, 3.8) is 0 Å². The predicted molar refractivity (Wildman–Crippen MR) is 66.8 cm³/mol. The van der Waals surface area contributed by atoms with E-state index in [0.29, 0.717) is 22.8 Å². The second kappa shape index (κ2) is 4.91. The first kappa shape index (κ1) is 12.2. The third kappa shape index (κ3) is 2.07. The molecule has 0 bridgehead atoms. The highest BCUT2D eigenvalue weighted by Gasteiger charge is 2.11. The summed E-state index contributed by atoms with van der Waals surface area (Å²) in [5, 5.41) is 4.29. The van der Waals surface area contributed by atoms with E-state index in [2.05, 4.69) is 5.10 Å². The summed E-state index contributed by atoms with van der Waals surface area (Å²) in [5.41, 5.74) is 1.96. The number of hydrogen-bond acceptors (Lipinski definition) is 4. The van der Waals surface area contributed by atoms with Gasteiger partial charge in [0.15, 0.2) is 6.29 Å². The fourth-order valence-electron chi connectivity index (χ4n) is 1.69. The standard InChI is InChI=1S/C13H14N2O3/c1-9-10(8-16)7-15(14-9)12-6-11(17-2)4-5-13(12)18-3/h4-8H,1-3H3. The van der Waals surface area contributed by atoms with Crippen molar-refractivity contribution < 1.29 is 14.3 Å². The summed E-state index contributed by atoms with van der Waals surface area (Å²) >= 11 is 0. The van der Waals surface area contributed by atoms with Crippen LogP contribution in [0, 0.1) is 6.92 Å². The number of benzene rings is 1. The lowest BCUT2D eigenvalue weighted by atomic mass is 10.2. The Labute approximate surface area is 105 Å². The molecule has 5 nitrogen and oxygen atoms in total. The van der Waals surface area contributed by atoms with Gasteiger partial charge in [-0.1, -0.05) is 0 Å². The van der Waals surface area contributed by atoms with Crippen molar-refractivity contribution in [2.45, 2.75) is 6.92 Å². The van der Waals surface area contributed by atoms with Gasteiger partial charge in [-0.2, -0.15) is 5.10 Å². The molecule has 0 N–H and O–H groups in total. The average Bonchev–Trinajstić information content (AvgIpc) is 2.79. The van der Waals surface area contributed by atoms with Crippen LogP contribution in [-0.2, 0) is 0 Å². The summed E-state index contributed by atoms with van der Waals surface area (Å²) in [4.78, 5) is 10.8. The van der Waals surface area contributed by atoms with E-state index in [1.165, 1.54) is 0 Å². The van der Waals surface area contributed by atoms with Gasteiger partial charge in [0.1, 0.15) is 17.2 Å². The van der Waals surface area contributed by atoms with E-state index in [1.54, 1.807) is 50.2 Å². The van der Waals surface area contributed by atoms with Gasteiger partial charge in [-0.25, -0.2) is 4.68 Å². The first-order valence-corrected chi connectivity index (χ1v) is 5.43. The summed E-state index contributed by atoms with van der Waals surface area (Å²) in [5.74, 6) is 1.36. The molecule has 1 heterocycles. The maximum atomic E-state index is 10.8. The van der Waals surface area contributed by atoms with Gasteiger partial charge in [0, 0.05) is 12.3 Å². The summed E-state index contributed by atoms with van der Waals surface area (Å²) in [7, 11) is 3.18. The van der Waals surface area contributed by atoms with Gasteiger partial charge in [-0.15, -0.1) is 0 Å². The predicted octanol–water partition coefficient (Wildman–Crippen LogP) is 2.01. The Bertz CT molecular complexity index is 576. The minimum absolute atomic E-state index is 0.555. The number of aldehydes is 1. The molecular weight excluding hydrogens is 232 g/mol. The topological polar surface area (TPSA) is 53.4 Å². The number of carbonyl (C=O) groups is 1. The molecule has 0 radical (unpaired) electrons. The molecule has 2 aromatic rings. The lowest BCUT2D eigenvalue weighted by molar-refractivity contribution is 0.112. The number of aryl methyl sites for hydroxylation is 1. The smallest absolute Gasteiger partial charge is 0.153 e. The molecule has 0 fully saturated rings. The van der Waals surface area contributed by atoms with E-state index in [1.807, 2.05) is 0 Å². The Balaban J connectivity index is 2.56. The fraction of sp³-hybridized carbons (Fsp3) is 0.231. The zero-order valence-electron chi connectivity index (χ0n) is 10.5. The number of aromatic nitrogens is 2. The Hall–Kier alpha value is -2.30. The van der Waals surface area contributed by atoms with E-state index in [9.17, 15) is 4.79 Å². The van der Waals surface area contributed by atoms with Crippen LogP contribution in [0.2, 0.25) is 0 Å². The van der Waals surface area contributed by atoms with E-state index in [0.717, 1.165) is 12.0 Å². The highest BCUT2D eigenvalue weighted by molar-refractivity contribution is 5.76. The van der Waals surface area contributed by atoms with Crippen LogP contribution in [0.3, 0.4) is 0 Å². The molecule has 0 saturated carbocycles. The molecule has 1 aromatic heterocycles. The fourth-order valence-corrected chi connectivity index (χ4v) is 1.69. The number of carbonyl (C=O) groups excluding carboxylic acids is 1. The number of rotatable bonds is 4. The van der Waals surface area contributed by atoms with Crippen molar-refractivity contribution in [3.8, 4) is 17.2 Å². The van der Waals surface area contributed by atoms with Crippen molar-refractivity contribution >= 4 is 6.29 Å². The largest absolute Gasteiger partial charge is 0.497 e. The third-order valence-electron chi connectivity index (χ3n) is 2.70. The summed E-state index contributed by atoms with van der Waals surface area (Å²) < 4.78 is 12.1. The maximum absolute atomic E-state index is 10.8. The van der Waals surface area contributed by atoms with Crippen LogP contribution in [0.5, 0.6) is 11.5 Å². The third-order valence-corrected chi connectivity index (χ3v) is 2.70. The minimum Gasteiger partial charge on any atom is -0.497 e. The Kier molecular flexibility index (Phi) is 3.32. The molecule has 0 aliphatic carbocycles. The minimum atomic E-state index is 0.555. The van der Waals surface area contributed by atoms with Gasteiger partial charge in [0.25, 0.3) is 0 Å². The lowest BCUT2D eigenvalue weighted by Gasteiger charge is -2.10. The van der Waals surface area contributed by atoms with Gasteiger partial charge in [-0.3, -0.25) is 4.79 Å². The Morgan fingerprint density at radius 1 is 1.28 bits per heavy atom. The summed E-state index contributed by atoms with van der Waals surface area (Å²) in [6.45, 7) is 1.78. The van der Waals surface area contributed by atoms with Crippen LogP contribution in [0.25, 0.3) is 5.69 Å². The molecule has 0 unspecified atom stereocenters. The van der Waals surface area contributed by atoms with Gasteiger partial charge in [-0.05, 0) is 19.1 Å². The van der Waals surface area contributed by atoms with Crippen LogP contribution in [0.4, 0.5) is 0 Å². The summed E-state index contributed by atoms with van der Waals surface area (Å²) in [6.07, 6.45) is 2.45. The molecular formula is C13H14N2O3. The summed E-state index contributed by atoms with van der Waals surface area (Å²) in [6, 6.07) is 5.41. The van der Waals surface area contributed by atoms with Gasteiger partial charge in [0.2, 0.25) is 0 Å². The second-order valence-electron chi connectivity index (χ2n) is 3.77. The van der Waals surface area contributed by atoms with Crippen LogP contribution in [0.15, 0.2) is 24.4 Å². The molecule has 2 rings (SSSR count). The molecule has 94 valence electrons. The monoisotopic (exact) mass is 246 g/mol. The van der Waals surface area contributed by atoms with E-state index in [4.69, 9.17) is 9.47 Å². The first-order valence-electron chi connectivity index (χ1n) is 5.43. The van der Waals surface area contributed by atoms with Crippen LogP contribution >= 0.6 is 0 Å². The van der Waals surface area contributed by atoms with E-state index in [-0.39, 0.29) is 0 Å². The van der Waals surface area contributed by atoms with Crippen LogP contribution in [0.1, 0.15) is 16.1 Å². The molecule has 0 saturated heterocycles. The quantitative estimate of drug-likeness (QED) is 0.774. The highest BCUT2D eigenvalue weighted by atomic mass is 16.5. The number of ether oxygens (including phenoxy) is 2. The van der Waals surface area contributed by atoms with Crippen LogP contribution in [-0.4, -0.2) is 30.3 Å². The SMILES string of the molecule is COc1ccc(OC)c(-n2cc(C=O)c(C)n2)c1.